The van der Waals surface area contributed by atoms with E-state index in [-0.39, 0.29) is 12.8 Å². The lowest BCUT2D eigenvalue weighted by Crippen LogP contribution is -2.64. The van der Waals surface area contributed by atoms with Crippen molar-refractivity contribution in [1.82, 2.24) is 0 Å². The van der Waals surface area contributed by atoms with E-state index in [0.717, 1.165) is 64.2 Å². The van der Waals surface area contributed by atoms with Crippen LogP contribution in [0.2, 0.25) is 0 Å². The van der Waals surface area contributed by atoms with Crippen molar-refractivity contribution in [3.63, 3.8) is 0 Å². The van der Waals surface area contributed by atoms with E-state index in [9.17, 15) is 44.6 Å². The Balaban J connectivity index is 2.45. The van der Waals surface area contributed by atoms with Gasteiger partial charge in [0.1, 0.15) is 43.2 Å². The summed E-state index contributed by atoms with van der Waals surface area (Å²) in [5, 5.41) is 50.1. The van der Waals surface area contributed by atoms with Crippen LogP contribution >= 0.6 is 7.82 Å². The van der Waals surface area contributed by atoms with Crippen molar-refractivity contribution in [2.45, 2.75) is 243 Å². The number of hydrogen-bond donors (Lipinski definition) is 6. The molecule has 1 aliphatic carbocycles. The molecule has 352 valence electrons. The molecule has 8 atom stereocenters. The SMILES string of the molecule is CCCCC/C=C\C/C=C\CCCCCCCC(=O)O[C@H](COC(=O)CCCCCCCCCCCCCCCCCC)COP(=O)(O)OC1C(O)C(O)C(O)[C@@H](O)C1O. The van der Waals surface area contributed by atoms with E-state index >= 15 is 0 Å². The largest absolute Gasteiger partial charge is 0.472 e. The number of phosphoric ester groups is 1. The molecule has 0 aromatic heterocycles. The van der Waals surface area contributed by atoms with Crippen LogP contribution in [0, 0.1) is 0 Å². The topological polar surface area (TPSA) is 210 Å². The smallest absolute Gasteiger partial charge is 0.462 e. The molecule has 0 amide bonds. The fourth-order valence-electron chi connectivity index (χ4n) is 7.20. The molecule has 0 spiro atoms. The molecular weight excluding hydrogens is 791 g/mol. The second kappa shape index (κ2) is 36.8. The number of hydrogen-bond acceptors (Lipinski definition) is 12. The van der Waals surface area contributed by atoms with Crippen LogP contribution in [0.5, 0.6) is 0 Å². The minimum atomic E-state index is -5.12. The molecule has 1 saturated carbocycles. The van der Waals surface area contributed by atoms with Gasteiger partial charge in [0.2, 0.25) is 0 Å². The van der Waals surface area contributed by atoms with E-state index in [4.69, 9.17) is 18.5 Å². The summed E-state index contributed by atoms with van der Waals surface area (Å²) in [4.78, 5) is 35.7. The zero-order chi connectivity index (χ0) is 44.3. The zero-order valence-corrected chi connectivity index (χ0v) is 38.2. The van der Waals surface area contributed by atoms with Gasteiger partial charge < -0.3 is 39.9 Å². The number of phosphoric acid groups is 1. The summed E-state index contributed by atoms with van der Waals surface area (Å²) in [7, 11) is -5.12. The first-order valence-corrected chi connectivity index (χ1v) is 25.1. The number of esters is 2. The molecule has 1 aliphatic rings. The lowest BCUT2D eigenvalue weighted by atomic mass is 9.85. The average Bonchev–Trinajstić information content (AvgIpc) is 3.23. The highest BCUT2D eigenvalue weighted by Crippen LogP contribution is 2.47. The summed E-state index contributed by atoms with van der Waals surface area (Å²) < 4.78 is 33.5. The summed E-state index contributed by atoms with van der Waals surface area (Å²) in [6.07, 6.45) is 26.6. The predicted molar refractivity (Wildman–Crippen MR) is 235 cm³/mol. The van der Waals surface area contributed by atoms with E-state index < -0.39 is 75.7 Å². The average molecular weight is 877 g/mol. The number of carbonyl (C=O) groups excluding carboxylic acids is 2. The van der Waals surface area contributed by atoms with E-state index in [1.807, 2.05) is 0 Å². The van der Waals surface area contributed by atoms with Gasteiger partial charge in [0.25, 0.3) is 0 Å². The van der Waals surface area contributed by atoms with Gasteiger partial charge in [-0.05, 0) is 44.9 Å². The highest BCUT2D eigenvalue weighted by atomic mass is 31.2. The molecule has 0 aromatic carbocycles. The van der Waals surface area contributed by atoms with Gasteiger partial charge in [-0.3, -0.25) is 18.6 Å². The molecule has 0 bridgehead atoms. The summed E-state index contributed by atoms with van der Waals surface area (Å²) in [5.41, 5.74) is 0. The summed E-state index contributed by atoms with van der Waals surface area (Å²) in [5.74, 6) is -1.11. The molecule has 13 nitrogen and oxygen atoms in total. The van der Waals surface area contributed by atoms with Gasteiger partial charge >= 0.3 is 19.8 Å². The van der Waals surface area contributed by atoms with Gasteiger partial charge in [-0.2, -0.15) is 0 Å². The molecule has 0 aromatic rings. The van der Waals surface area contributed by atoms with Crippen molar-refractivity contribution < 1.29 is 63.1 Å². The lowest BCUT2D eigenvalue weighted by Gasteiger charge is -2.41. The summed E-state index contributed by atoms with van der Waals surface area (Å²) in [6.45, 7) is 3.27. The third-order valence-corrected chi connectivity index (χ3v) is 12.0. The number of allylic oxidation sites excluding steroid dienone is 4. The van der Waals surface area contributed by atoms with Crippen LogP contribution in [0.4, 0.5) is 0 Å². The fourth-order valence-corrected chi connectivity index (χ4v) is 8.17. The number of carbonyl (C=O) groups is 2. The molecule has 0 saturated heterocycles. The Morgan fingerprint density at radius 1 is 0.517 bits per heavy atom. The van der Waals surface area contributed by atoms with Gasteiger partial charge in [0, 0.05) is 12.8 Å². The van der Waals surface area contributed by atoms with Crippen molar-refractivity contribution in [1.29, 1.82) is 0 Å². The molecule has 6 N–H and O–H groups in total. The molecule has 0 aliphatic heterocycles. The summed E-state index contributed by atoms with van der Waals surface area (Å²) >= 11 is 0. The van der Waals surface area contributed by atoms with Gasteiger partial charge in [-0.15, -0.1) is 0 Å². The van der Waals surface area contributed by atoms with E-state index in [1.54, 1.807) is 0 Å². The maximum absolute atomic E-state index is 12.8. The van der Waals surface area contributed by atoms with Gasteiger partial charge in [0.05, 0.1) is 6.61 Å². The monoisotopic (exact) mass is 877 g/mol. The fraction of sp³-hybridized carbons (Fsp3) is 0.870. The first-order chi connectivity index (χ1) is 28.9. The normalized spacial score (nSPS) is 22.3. The third-order valence-electron chi connectivity index (χ3n) is 11.0. The van der Waals surface area contributed by atoms with Crippen LogP contribution in [-0.2, 0) is 32.7 Å². The summed E-state index contributed by atoms with van der Waals surface area (Å²) in [6, 6.07) is 0. The number of unbranched alkanes of at least 4 members (excludes halogenated alkanes) is 23. The molecule has 0 radical (unpaired) electrons. The highest BCUT2D eigenvalue weighted by Gasteiger charge is 2.51. The van der Waals surface area contributed by atoms with Crippen LogP contribution in [0.15, 0.2) is 24.3 Å². The molecule has 1 fully saturated rings. The second-order valence-electron chi connectivity index (χ2n) is 16.6. The minimum absolute atomic E-state index is 0.0833. The van der Waals surface area contributed by atoms with E-state index in [0.29, 0.717) is 12.8 Å². The van der Waals surface area contributed by atoms with Crippen molar-refractivity contribution in [3.8, 4) is 0 Å². The predicted octanol–water partition coefficient (Wildman–Crippen LogP) is 9.23. The van der Waals surface area contributed by atoms with Crippen LogP contribution < -0.4 is 0 Å². The van der Waals surface area contributed by atoms with Gasteiger partial charge in [-0.1, -0.05) is 167 Å². The Hall–Kier alpha value is -1.67. The van der Waals surface area contributed by atoms with Crippen molar-refractivity contribution >= 4 is 19.8 Å². The van der Waals surface area contributed by atoms with Crippen molar-refractivity contribution in [3.05, 3.63) is 24.3 Å². The Kier molecular flexibility index (Phi) is 34.5. The Morgan fingerprint density at radius 3 is 1.38 bits per heavy atom. The first kappa shape index (κ1) is 56.3. The van der Waals surface area contributed by atoms with Crippen LogP contribution in [0.25, 0.3) is 0 Å². The molecule has 14 heteroatoms. The second-order valence-corrected chi connectivity index (χ2v) is 18.0. The van der Waals surface area contributed by atoms with Crippen molar-refractivity contribution in [2.24, 2.45) is 0 Å². The molecule has 0 heterocycles. The Bertz CT molecular complexity index is 1150. The zero-order valence-electron chi connectivity index (χ0n) is 37.3. The third kappa shape index (κ3) is 28.8. The minimum Gasteiger partial charge on any atom is -0.462 e. The number of rotatable bonds is 39. The molecule has 6 unspecified atom stereocenters. The quantitative estimate of drug-likeness (QED) is 0.0147. The Labute approximate surface area is 362 Å². The van der Waals surface area contributed by atoms with Crippen LogP contribution in [0.3, 0.4) is 0 Å². The van der Waals surface area contributed by atoms with Crippen LogP contribution in [-0.4, -0.2) is 98.3 Å². The maximum atomic E-state index is 12.8. The molecule has 1 rings (SSSR count). The highest BCUT2D eigenvalue weighted by molar-refractivity contribution is 7.47. The first-order valence-electron chi connectivity index (χ1n) is 23.6. The van der Waals surface area contributed by atoms with Gasteiger partial charge in [-0.25, -0.2) is 4.57 Å². The standard InChI is InChI=1S/C46H85O13P/c1-3-5-7-9-11-13-15-17-19-21-22-24-26-28-30-32-34-39(47)56-36-38(37-57-60(54,55)59-46-44(52)42(50)41(49)43(51)45(46)53)58-40(48)35-33-31-29-27-25-23-20-18-16-14-12-10-8-6-4-2/h12,14,18,20,38,41-46,49-53H,3-11,13,15-17,19,21-37H2,1-2H3,(H,54,55)/b14-12-,20-18-/t38-,41?,42-,43?,44?,45?,46?/m1/s1. The molecular formula is C46H85O13P. The number of ether oxygens (including phenoxy) is 2. The van der Waals surface area contributed by atoms with E-state index in [2.05, 4.69) is 38.2 Å². The van der Waals surface area contributed by atoms with Crippen molar-refractivity contribution in [2.75, 3.05) is 13.2 Å². The Morgan fingerprint density at radius 2 is 0.900 bits per heavy atom. The maximum Gasteiger partial charge on any atom is 0.472 e. The van der Waals surface area contributed by atoms with Gasteiger partial charge in [0.15, 0.2) is 6.10 Å². The van der Waals surface area contributed by atoms with Crippen LogP contribution in [0.1, 0.15) is 200 Å². The number of aliphatic hydroxyl groups excluding tert-OH is 5. The lowest BCUT2D eigenvalue weighted by molar-refractivity contribution is -0.220. The van der Waals surface area contributed by atoms with E-state index in [1.165, 1.54) is 96.3 Å². The number of aliphatic hydroxyl groups is 5. The molecule has 60 heavy (non-hydrogen) atoms.